The highest BCUT2D eigenvalue weighted by Gasteiger charge is 2.72. The Balaban J connectivity index is 1.69. The zero-order chi connectivity index (χ0) is 23.8. The molecule has 0 radical (unpaired) electrons. The molecule has 2 saturated carbocycles. The van der Waals surface area contributed by atoms with E-state index in [0.717, 1.165) is 0 Å². The Morgan fingerprint density at radius 2 is 2.03 bits per heavy atom. The van der Waals surface area contributed by atoms with Gasteiger partial charge in [0, 0.05) is 47.7 Å². The molecule has 2 aliphatic carbocycles. The van der Waals surface area contributed by atoms with Gasteiger partial charge in [-0.25, -0.2) is 4.79 Å². The van der Waals surface area contributed by atoms with Crippen molar-refractivity contribution in [2.45, 2.75) is 69.5 Å². The van der Waals surface area contributed by atoms with Gasteiger partial charge < -0.3 is 24.5 Å². The molecule has 3 heterocycles. The second-order valence-electron chi connectivity index (χ2n) is 10.2. The highest BCUT2D eigenvalue weighted by atomic mass is 16.5. The molecule has 33 heavy (non-hydrogen) atoms. The van der Waals surface area contributed by atoms with E-state index in [1.54, 1.807) is 37.5 Å². The molecule has 0 bridgehead atoms. The summed E-state index contributed by atoms with van der Waals surface area (Å²) in [6.45, 7) is 9.52. The van der Waals surface area contributed by atoms with Crippen molar-refractivity contribution < 1.29 is 24.5 Å². The maximum absolute atomic E-state index is 13.1. The van der Waals surface area contributed by atoms with Gasteiger partial charge in [0.2, 0.25) is 0 Å². The van der Waals surface area contributed by atoms with Gasteiger partial charge in [0.25, 0.3) is 0 Å². The lowest BCUT2D eigenvalue weighted by Gasteiger charge is -2.67. The molecule has 5 rings (SSSR count). The zero-order valence-corrected chi connectivity index (χ0v) is 19.1. The average molecular weight is 455 g/mol. The summed E-state index contributed by atoms with van der Waals surface area (Å²) in [5, 5.41) is 33.7. The third-order valence-electron chi connectivity index (χ3n) is 8.87. The van der Waals surface area contributed by atoms with Crippen LogP contribution < -0.4 is 10.4 Å². The first-order valence-corrected chi connectivity index (χ1v) is 11.4. The van der Waals surface area contributed by atoms with Crippen molar-refractivity contribution in [3.8, 4) is 17.1 Å². The number of aliphatic hydroxyl groups is 3. The Bertz CT molecular complexity index is 1150. The number of fused-ring (bicyclic) bond motifs is 4. The van der Waals surface area contributed by atoms with Crippen LogP contribution in [0, 0.1) is 17.3 Å². The van der Waals surface area contributed by atoms with Gasteiger partial charge in [-0.15, -0.1) is 0 Å². The van der Waals surface area contributed by atoms with Gasteiger partial charge in [-0.2, -0.15) is 0 Å². The van der Waals surface area contributed by atoms with E-state index in [2.05, 4.69) is 16.7 Å². The summed E-state index contributed by atoms with van der Waals surface area (Å²) in [5.74, 6) is -0.490. The molecular weight excluding hydrogens is 424 g/mol. The topological polar surface area (TPSA) is 125 Å². The van der Waals surface area contributed by atoms with Gasteiger partial charge in [-0.1, -0.05) is 13.8 Å². The highest BCUT2D eigenvalue weighted by molar-refractivity contribution is 5.59. The van der Waals surface area contributed by atoms with E-state index < -0.39 is 46.4 Å². The fraction of sp³-hybridized carbons (Fsp3) is 0.560. The van der Waals surface area contributed by atoms with E-state index in [4.69, 9.17) is 9.15 Å². The smallest absolute Gasteiger partial charge is 0.345 e. The van der Waals surface area contributed by atoms with Crippen molar-refractivity contribution in [3.05, 3.63) is 46.6 Å². The van der Waals surface area contributed by atoms with Crippen LogP contribution in [0.4, 0.5) is 0 Å². The first kappa shape index (κ1) is 22.3. The first-order chi connectivity index (χ1) is 15.6. The fourth-order valence-electron chi connectivity index (χ4n) is 7.00. The van der Waals surface area contributed by atoms with E-state index in [-0.39, 0.29) is 29.4 Å². The average Bonchev–Trinajstić information content (AvgIpc) is 2.78. The number of nitrogens with zero attached hydrogens (tertiary/aromatic N) is 2. The van der Waals surface area contributed by atoms with E-state index >= 15 is 0 Å². The summed E-state index contributed by atoms with van der Waals surface area (Å²) in [7, 11) is 0. The number of hydrogen-bond acceptors (Lipinski definition) is 8. The second kappa shape index (κ2) is 7.22. The minimum Gasteiger partial charge on any atom is -0.484 e. The van der Waals surface area contributed by atoms with E-state index in [1.165, 1.54) is 0 Å². The molecule has 1 aliphatic heterocycles. The lowest BCUT2D eigenvalue weighted by Crippen LogP contribution is -2.74. The third-order valence-corrected chi connectivity index (χ3v) is 8.87. The van der Waals surface area contributed by atoms with Crippen LogP contribution >= 0.6 is 0 Å². The van der Waals surface area contributed by atoms with Gasteiger partial charge in [-0.3, -0.25) is 9.98 Å². The molecular formula is C25H30N2O6. The Labute approximate surface area is 192 Å². The highest BCUT2D eigenvalue weighted by Crippen LogP contribution is 2.66. The van der Waals surface area contributed by atoms with Crippen molar-refractivity contribution in [2.75, 3.05) is 0 Å². The summed E-state index contributed by atoms with van der Waals surface area (Å²) in [6, 6.07) is 5.07. The minimum absolute atomic E-state index is 0.0391. The van der Waals surface area contributed by atoms with E-state index in [1.807, 2.05) is 13.8 Å². The Hall–Kier alpha value is -2.55. The Morgan fingerprint density at radius 3 is 2.70 bits per heavy atom. The van der Waals surface area contributed by atoms with Crippen molar-refractivity contribution in [2.24, 2.45) is 22.2 Å². The summed E-state index contributed by atoms with van der Waals surface area (Å²) < 4.78 is 12.0. The van der Waals surface area contributed by atoms with E-state index in [0.29, 0.717) is 18.4 Å². The van der Waals surface area contributed by atoms with Crippen LogP contribution in [0.15, 0.2) is 44.8 Å². The molecule has 0 amide bonds. The molecule has 8 atom stereocenters. The molecule has 0 aromatic carbocycles. The molecule has 176 valence electrons. The van der Waals surface area contributed by atoms with Crippen LogP contribution in [0.2, 0.25) is 0 Å². The summed E-state index contributed by atoms with van der Waals surface area (Å²) in [4.78, 5) is 21.7. The number of hydrogen-bond donors (Lipinski definition) is 3. The first-order valence-electron chi connectivity index (χ1n) is 11.4. The largest absolute Gasteiger partial charge is 0.484 e. The normalized spacial score (nSPS) is 41.8. The number of aliphatic hydroxyl groups excluding tert-OH is 3. The minimum atomic E-state index is -1.25. The SMILES string of the molecule is C=N[C@@]12C[C@H](O)[C@@]3(C)Oc4cc(-c5cccnc5)oc(=O)c4[C@H](O)[C@@H]3[C@@]1(C)CC[C@H](O)[C@@H]2C. The van der Waals surface area contributed by atoms with Gasteiger partial charge >= 0.3 is 5.63 Å². The number of aliphatic imine (C=N–C) groups is 1. The third kappa shape index (κ3) is 2.77. The molecule has 2 aromatic rings. The monoisotopic (exact) mass is 454 g/mol. The van der Waals surface area contributed by atoms with Crippen LogP contribution in [0.3, 0.4) is 0 Å². The molecule has 0 saturated heterocycles. The zero-order valence-electron chi connectivity index (χ0n) is 19.1. The molecule has 3 N–H and O–H groups in total. The van der Waals surface area contributed by atoms with E-state index in [9.17, 15) is 20.1 Å². The lowest BCUT2D eigenvalue weighted by molar-refractivity contribution is -0.248. The van der Waals surface area contributed by atoms with Crippen LogP contribution in [-0.4, -0.2) is 50.4 Å². The molecule has 3 aliphatic rings. The van der Waals surface area contributed by atoms with Crippen LogP contribution in [0.25, 0.3) is 11.3 Å². The van der Waals surface area contributed by atoms with Crippen LogP contribution in [0.1, 0.15) is 51.7 Å². The van der Waals surface area contributed by atoms with Crippen LogP contribution in [0.5, 0.6) is 5.75 Å². The second-order valence-corrected chi connectivity index (χ2v) is 10.2. The number of ether oxygens (including phenoxy) is 1. The van der Waals surface area contributed by atoms with Gasteiger partial charge in [-0.05, 0) is 38.6 Å². The number of pyridine rings is 1. The molecule has 0 unspecified atom stereocenters. The summed E-state index contributed by atoms with van der Waals surface area (Å²) in [5.41, 5.74) is -2.80. The molecule has 2 fully saturated rings. The molecule has 8 nitrogen and oxygen atoms in total. The van der Waals surface area contributed by atoms with Crippen molar-refractivity contribution >= 4 is 6.72 Å². The molecule has 2 aromatic heterocycles. The standard InChI is InChI=1S/C25H30N2O6/c1-13-15(28)7-8-23(2)21-20(30)19-17(33-24(21,3)18(29)11-25(13,23)26-4)10-16(32-22(19)31)14-6-5-9-27-12-14/h5-6,9-10,12-13,15,18,20-21,28-30H,4,7-8,11H2,1-3H3/t13-,15-,18-,20-,21+,23+,24+,25+/m0/s1. The predicted octanol–water partition coefficient (Wildman–Crippen LogP) is 2.50. The molecule has 8 heteroatoms. The Morgan fingerprint density at radius 1 is 1.27 bits per heavy atom. The van der Waals surface area contributed by atoms with Crippen molar-refractivity contribution in [3.63, 3.8) is 0 Å². The predicted molar refractivity (Wildman–Crippen MR) is 121 cm³/mol. The lowest BCUT2D eigenvalue weighted by atomic mass is 9.42. The fourth-order valence-corrected chi connectivity index (χ4v) is 7.00. The Kier molecular flexibility index (Phi) is 4.87. The van der Waals surface area contributed by atoms with Gasteiger partial charge in [0.05, 0.1) is 23.9 Å². The quantitative estimate of drug-likeness (QED) is 0.595. The van der Waals surface area contributed by atoms with Crippen LogP contribution in [-0.2, 0) is 0 Å². The van der Waals surface area contributed by atoms with Crippen molar-refractivity contribution in [1.82, 2.24) is 4.98 Å². The maximum Gasteiger partial charge on any atom is 0.345 e. The van der Waals surface area contributed by atoms with Gasteiger partial charge in [0.1, 0.15) is 22.7 Å². The van der Waals surface area contributed by atoms with Gasteiger partial charge in [0.15, 0.2) is 0 Å². The number of aromatic nitrogens is 1. The molecule has 0 spiro atoms. The summed E-state index contributed by atoms with van der Waals surface area (Å²) in [6.07, 6.45) is 1.63. The van der Waals surface area contributed by atoms with Crippen molar-refractivity contribution in [1.29, 1.82) is 0 Å². The number of rotatable bonds is 2. The maximum atomic E-state index is 13.1. The summed E-state index contributed by atoms with van der Waals surface area (Å²) >= 11 is 0.